The fourth-order valence-electron chi connectivity index (χ4n) is 1.59. The Morgan fingerprint density at radius 1 is 1.56 bits per heavy atom. The number of Topliss-reactive ketones (excluding diaryl/α,β-unsaturated/α-hetero) is 1. The van der Waals surface area contributed by atoms with Crippen LogP contribution < -0.4 is 5.73 Å². The van der Waals surface area contributed by atoms with Crippen LogP contribution in [0.15, 0.2) is 22.6 Å². The zero-order chi connectivity index (χ0) is 11.7. The van der Waals surface area contributed by atoms with E-state index in [2.05, 4.69) is 4.98 Å². The summed E-state index contributed by atoms with van der Waals surface area (Å²) >= 11 is 0. The van der Waals surface area contributed by atoms with Crippen molar-refractivity contribution in [3.63, 3.8) is 0 Å². The average molecular weight is 218 g/mol. The Hall–Kier alpha value is -1.68. The number of ketones is 1. The van der Waals surface area contributed by atoms with Gasteiger partial charge in [-0.15, -0.1) is 0 Å². The van der Waals surface area contributed by atoms with Gasteiger partial charge in [0.15, 0.2) is 17.3 Å². The van der Waals surface area contributed by atoms with E-state index in [1.165, 1.54) is 0 Å². The predicted octanol–water partition coefficient (Wildman–Crippen LogP) is 1.91. The van der Waals surface area contributed by atoms with E-state index in [9.17, 15) is 4.79 Å². The number of aryl methyl sites for hydroxylation is 1. The summed E-state index contributed by atoms with van der Waals surface area (Å²) in [6.07, 6.45) is 0. The second kappa shape index (κ2) is 4.06. The molecule has 1 unspecified atom stereocenters. The van der Waals surface area contributed by atoms with Gasteiger partial charge in [0, 0.05) is 24.9 Å². The monoisotopic (exact) mass is 218 g/mol. The van der Waals surface area contributed by atoms with Crippen molar-refractivity contribution in [1.82, 2.24) is 4.98 Å². The highest BCUT2D eigenvalue weighted by atomic mass is 16.3. The Morgan fingerprint density at radius 3 is 3.00 bits per heavy atom. The molecular weight excluding hydrogens is 204 g/mol. The maximum absolute atomic E-state index is 11.9. The van der Waals surface area contributed by atoms with Crippen LogP contribution in [0, 0.1) is 12.8 Å². The third-order valence-electron chi connectivity index (χ3n) is 2.58. The molecule has 0 saturated heterocycles. The van der Waals surface area contributed by atoms with Gasteiger partial charge in [-0.1, -0.05) is 6.92 Å². The third kappa shape index (κ3) is 1.84. The van der Waals surface area contributed by atoms with Gasteiger partial charge in [0.1, 0.15) is 5.52 Å². The van der Waals surface area contributed by atoms with E-state index in [4.69, 9.17) is 10.2 Å². The van der Waals surface area contributed by atoms with Gasteiger partial charge < -0.3 is 10.2 Å². The van der Waals surface area contributed by atoms with Crippen LogP contribution in [0.5, 0.6) is 0 Å². The first-order chi connectivity index (χ1) is 7.61. The van der Waals surface area contributed by atoms with Crippen molar-refractivity contribution in [2.75, 3.05) is 6.54 Å². The highest BCUT2D eigenvalue weighted by Crippen LogP contribution is 2.18. The minimum atomic E-state index is -0.162. The summed E-state index contributed by atoms with van der Waals surface area (Å²) in [5.74, 6) is 0.488. The molecule has 0 radical (unpaired) electrons. The first-order valence-electron chi connectivity index (χ1n) is 5.23. The predicted molar refractivity (Wildman–Crippen MR) is 61.3 cm³/mol. The Bertz CT molecular complexity index is 531. The quantitative estimate of drug-likeness (QED) is 0.799. The van der Waals surface area contributed by atoms with Crippen LogP contribution in [0.1, 0.15) is 23.2 Å². The van der Waals surface area contributed by atoms with Crippen molar-refractivity contribution >= 4 is 16.9 Å². The number of fused-ring (bicyclic) bond motifs is 1. The number of carbonyl (C=O) groups excluding carboxylic acids is 1. The van der Waals surface area contributed by atoms with Gasteiger partial charge in [-0.25, -0.2) is 4.98 Å². The molecule has 1 aromatic carbocycles. The lowest BCUT2D eigenvalue weighted by atomic mass is 9.99. The minimum absolute atomic E-state index is 0.0463. The average Bonchev–Trinajstić information content (AvgIpc) is 2.65. The summed E-state index contributed by atoms with van der Waals surface area (Å²) in [6, 6.07) is 5.27. The Kier molecular flexibility index (Phi) is 2.75. The lowest BCUT2D eigenvalue weighted by Crippen LogP contribution is -2.20. The lowest BCUT2D eigenvalue weighted by molar-refractivity contribution is 0.0934. The van der Waals surface area contributed by atoms with Gasteiger partial charge in [0.2, 0.25) is 0 Å². The molecule has 4 heteroatoms. The number of benzene rings is 1. The van der Waals surface area contributed by atoms with Crippen LogP contribution in [0.25, 0.3) is 11.1 Å². The summed E-state index contributed by atoms with van der Waals surface area (Å²) in [6.45, 7) is 3.96. The first-order valence-corrected chi connectivity index (χ1v) is 5.23. The number of aromatic nitrogens is 1. The van der Waals surface area contributed by atoms with Gasteiger partial charge in [-0.05, 0) is 18.2 Å². The highest BCUT2D eigenvalue weighted by Gasteiger charge is 2.14. The summed E-state index contributed by atoms with van der Waals surface area (Å²) in [5, 5.41) is 0. The summed E-state index contributed by atoms with van der Waals surface area (Å²) in [4.78, 5) is 16.1. The zero-order valence-corrected chi connectivity index (χ0v) is 9.36. The second-order valence-corrected chi connectivity index (χ2v) is 3.92. The van der Waals surface area contributed by atoms with Gasteiger partial charge in [-0.2, -0.15) is 0 Å². The summed E-state index contributed by atoms with van der Waals surface area (Å²) in [7, 11) is 0. The van der Waals surface area contributed by atoms with Gasteiger partial charge in [0.25, 0.3) is 0 Å². The fraction of sp³-hybridized carbons (Fsp3) is 0.333. The Balaban J connectivity index is 2.42. The van der Waals surface area contributed by atoms with Crippen LogP contribution >= 0.6 is 0 Å². The van der Waals surface area contributed by atoms with E-state index in [1.807, 2.05) is 6.92 Å². The standard InChI is InChI=1S/C12H14N2O2/c1-7(6-13)12(15)9-3-4-11-10(5-9)14-8(2)16-11/h3-5,7H,6,13H2,1-2H3. The SMILES string of the molecule is Cc1nc2cc(C(=O)C(C)CN)ccc2o1. The van der Waals surface area contributed by atoms with E-state index < -0.39 is 0 Å². The van der Waals surface area contributed by atoms with Gasteiger partial charge in [-0.3, -0.25) is 4.79 Å². The van der Waals surface area contributed by atoms with Crippen LogP contribution in [-0.2, 0) is 0 Å². The zero-order valence-electron chi connectivity index (χ0n) is 9.36. The van der Waals surface area contributed by atoms with Crippen LogP contribution in [0.4, 0.5) is 0 Å². The Morgan fingerprint density at radius 2 is 2.31 bits per heavy atom. The van der Waals surface area contributed by atoms with Crippen LogP contribution in [0.2, 0.25) is 0 Å². The minimum Gasteiger partial charge on any atom is -0.441 e. The van der Waals surface area contributed by atoms with Gasteiger partial charge in [0.05, 0.1) is 0 Å². The molecule has 1 atom stereocenters. The third-order valence-corrected chi connectivity index (χ3v) is 2.58. The maximum atomic E-state index is 11.9. The number of hydrogen-bond donors (Lipinski definition) is 1. The molecule has 0 amide bonds. The van der Waals surface area contributed by atoms with Crippen molar-refractivity contribution < 1.29 is 9.21 Å². The number of rotatable bonds is 3. The Labute approximate surface area is 93.5 Å². The van der Waals surface area contributed by atoms with Gasteiger partial charge >= 0.3 is 0 Å². The number of carbonyl (C=O) groups is 1. The topological polar surface area (TPSA) is 69.1 Å². The highest BCUT2D eigenvalue weighted by molar-refractivity contribution is 6.00. The molecule has 4 nitrogen and oxygen atoms in total. The van der Waals surface area contributed by atoms with E-state index in [-0.39, 0.29) is 11.7 Å². The van der Waals surface area contributed by atoms with Crippen LogP contribution in [0.3, 0.4) is 0 Å². The number of nitrogens with two attached hydrogens (primary N) is 1. The molecule has 0 fully saturated rings. The summed E-state index contributed by atoms with van der Waals surface area (Å²) < 4.78 is 5.34. The van der Waals surface area contributed by atoms with E-state index in [1.54, 1.807) is 25.1 Å². The largest absolute Gasteiger partial charge is 0.441 e. The normalized spacial score (nSPS) is 12.9. The van der Waals surface area contributed by atoms with E-state index in [0.717, 1.165) is 0 Å². The molecule has 2 rings (SSSR count). The smallest absolute Gasteiger partial charge is 0.192 e. The molecule has 0 aliphatic rings. The molecule has 1 heterocycles. The molecule has 0 saturated carbocycles. The van der Waals surface area contributed by atoms with Crippen molar-refractivity contribution in [3.05, 3.63) is 29.7 Å². The van der Waals surface area contributed by atoms with Crippen molar-refractivity contribution in [2.24, 2.45) is 11.7 Å². The maximum Gasteiger partial charge on any atom is 0.192 e. The number of hydrogen-bond acceptors (Lipinski definition) is 4. The summed E-state index contributed by atoms with van der Waals surface area (Å²) in [5.41, 5.74) is 7.53. The van der Waals surface area contributed by atoms with Crippen molar-refractivity contribution in [1.29, 1.82) is 0 Å². The molecular formula is C12H14N2O2. The first kappa shape index (κ1) is 10.8. The molecule has 0 aliphatic carbocycles. The molecule has 0 spiro atoms. The van der Waals surface area contributed by atoms with Crippen molar-refractivity contribution in [3.8, 4) is 0 Å². The molecule has 84 valence electrons. The number of nitrogens with zero attached hydrogens (tertiary/aromatic N) is 1. The van der Waals surface area contributed by atoms with Crippen LogP contribution in [-0.4, -0.2) is 17.3 Å². The fourth-order valence-corrected chi connectivity index (χ4v) is 1.59. The molecule has 1 aromatic heterocycles. The second-order valence-electron chi connectivity index (χ2n) is 3.92. The van der Waals surface area contributed by atoms with E-state index >= 15 is 0 Å². The molecule has 0 bridgehead atoms. The number of oxazole rings is 1. The molecule has 0 aliphatic heterocycles. The molecule has 2 aromatic rings. The lowest BCUT2D eigenvalue weighted by Gasteiger charge is -2.06. The molecule has 16 heavy (non-hydrogen) atoms. The van der Waals surface area contributed by atoms with E-state index in [0.29, 0.717) is 29.1 Å². The molecule has 2 N–H and O–H groups in total. The van der Waals surface area contributed by atoms with Crippen molar-refractivity contribution in [2.45, 2.75) is 13.8 Å².